The summed E-state index contributed by atoms with van der Waals surface area (Å²) in [7, 11) is 0. The van der Waals surface area contributed by atoms with Gasteiger partial charge in [-0.15, -0.1) is 0 Å². The molecule has 0 spiro atoms. The van der Waals surface area contributed by atoms with Crippen molar-refractivity contribution in [3.63, 3.8) is 0 Å². The van der Waals surface area contributed by atoms with Crippen LogP contribution in [0.1, 0.15) is 19.8 Å². The largest absolute Gasteiger partial charge is 0.297 e. The molecule has 0 aromatic carbocycles. The quantitative estimate of drug-likeness (QED) is 0.616. The summed E-state index contributed by atoms with van der Waals surface area (Å²) < 4.78 is 12.9. The average molecular weight is 162 g/mol. The fraction of sp³-hybridized carbons (Fsp3) is 0.857. The van der Waals surface area contributed by atoms with E-state index in [0.29, 0.717) is 0 Å². The van der Waals surface area contributed by atoms with Gasteiger partial charge in [0.05, 0.1) is 0 Å². The summed E-state index contributed by atoms with van der Waals surface area (Å²) >= 11 is 1.58. The third kappa shape index (κ3) is 1.72. The van der Waals surface area contributed by atoms with Gasteiger partial charge in [-0.25, -0.2) is 4.39 Å². The van der Waals surface area contributed by atoms with Gasteiger partial charge >= 0.3 is 0 Å². The van der Waals surface area contributed by atoms with Gasteiger partial charge in [0.25, 0.3) is 0 Å². The summed E-state index contributed by atoms with van der Waals surface area (Å²) in [5.74, 6) is 0.692. The Morgan fingerprint density at radius 3 is 2.90 bits per heavy atom. The molecule has 2 unspecified atom stereocenters. The molecule has 1 heterocycles. The Labute approximate surface area is 64.4 Å². The van der Waals surface area contributed by atoms with Gasteiger partial charge in [0, 0.05) is 5.25 Å². The minimum Gasteiger partial charge on any atom is -0.297 e. The van der Waals surface area contributed by atoms with Crippen molar-refractivity contribution >= 4 is 17.5 Å². The Morgan fingerprint density at radius 2 is 2.50 bits per heavy atom. The van der Waals surface area contributed by atoms with Crippen molar-refractivity contribution in [1.82, 2.24) is 0 Å². The molecule has 10 heavy (non-hydrogen) atoms. The lowest BCUT2D eigenvalue weighted by Crippen LogP contribution is -2.23. The number of thioether (sulfide) groups is 1. The molecule has 0 amide bonds. The highest BCUT2D eigenvalue weighted by atomic mass is 32.2. The Morgan fingerprint density at radius 1 is 1.80 bits per heavy atom. The van der Waals surface area contributed by atoms with Crippen LogP contribution in [0.2, 0.25) is 0 Å². The first-order valence-electron chi connectivity index (χ1n) is 3.48. The van der Waals surface area contributed by atoms with Crippen LogP contribution in [0.3, 0.4) is 0 Å². The Balaban J connectivity index is 2.39. The molecule has 58 valence electrons. The van der Waals surface area contributed by atoms with Crippen molar-refractivity contribution < 1.29 is 9.18 Å². The van der Waals surface area contributed by atoms with Crippen molar-refractivity contribution in [3.05, 3.63) is 0 Å². The molecular formula is C7H11FOS. The van der Waals surface area contributed by atoms with Gasteiger partial charge in [-0.2, -0.15) is 11.8 Å². The number of alkyl halides is 1. The van der Waals surface area contributed by atoms with Gasteiger partial charge < -0.3 is 0 Å². The van der Waals surface area contributed by atoms with E-state index in [4.69, 9.17) is 0 Å². The van der Waals surface area contributed by atoms with Crippen LogP contribution in [0, 0.1) is 0 Å². The van der Waals surface area contributed by atoms with E-state index in [-0.39, 0.29) is 11.0 Å². The molecule has 0 aromatic heterocycles. The van der Waals surface area contributed by atoms with Crippen molar-refractivity contribution in [3.8, 4) is 0 Å². The number of ketones is 1. The second-order valence-electron chi connectivity index (χ2n) is 2.56. The number of Topliss-reactive ketones (excluding diaryl/α,β-unsaturated/α-hetero) is 1. The van der Waals surface area contributed by atoms with E-state index >= 15 is 0 Å². The fourth-order valence-electron chi connectivity index (χ4n) is 1.10. The molecule has 0 aliphatic carbocycles. The molecule has 3 heteroatoms. The zero-order valence-electron chi connectivity index (χ0n) is 5.97. The van der Waals surface area contributed by atoms with Crippen molar-refractivity contribution in [2.24, 2.45) is 0 Å². The molecule has 2 atom stereocenters. The lowest BCUT2D eigenvalue weighted by molar-refractivity contribution is -0.121. The van der Waals surface area contributed by atoms with Crippen LogP contribution >= 0.6 is 11.8 Å². The van der Waals surface area contributed by atoms with E-state index in [9.17, 15) is 9.18 Å². The third-order valence-corrected chi connectivity index (χ3v) is 3.11. The number of carbonyl (C=O) groups is 1. The number of halogens is 1. The summed E-state index contributed by atoms with van der Waals surface area (Å²) in [6.45, 7) is 1.32. The lowest BCUT2D eigenvalue weighted by Gasteiger charge is -2.09. The van der Waals surface area contributed by atoms with E-state index in [2.05, 4.69) is 0 Å². The van der Waals surface area contributed by atoms with Crippen molar-refractivity contribution in [2.75, 3.05) is 5.75 Å². The third-order valence-electron chi connectivity index (χ3n) is 1.68. The summed E-state index contributed by atoms with van der Waals surface area (Å²) in [4.78, 5) is 10.5. The molecule has 0 saturated carbocycles. The minimum absolute atomic E-state index is 0.0440. The van der Waals surface area contributed by atoms with Gasteiger partial charge in [0.2, 0.25) is 0 Å². The predicted octanol–water partition coefficient (Wildman–Crippen LogP) is 1.81. The highest BCUT2D eigenvalue weighted by Gasteiger charge is 2.28. The second-order valence-corrected chi connectivity index (χ2v) is 3.91. The van der Waals surface area contributed by atoms with Crippen LogP contribution in [-0.2, 0) is 4.79 Å². The maximum Gasteiger partial charge on any atom is 0.170 e. The highest BCUT2D eigenvalue weighted by molar-refractivity contribution is 8.00. The molecule has 1 aliphatic heterocycles. The zero-order chi connectivity index (χ0) is 7.56. The van der Waals surface area contributed by atoms with Gasteiger partial charge in [-0.3, -0.25) is 4.79 Å². The normalized spacial score (nSPS) is 28.4. The van der Waals surface area contributed by atoms with Gasteiger partial charge in [0.1, 0.15) is 0 Å². The van der Waals surface area contributed by atoms with Crippen LogP contribution in [-0.4, -0.2) is 23.0 Å². The first-order chi connectivity index (χ1) is 4.72. The summed E-state index contributed by atoms with van der Waals surface area (Å²) in [6.07, 6.45) is 0.710. The van der Waals surface area contributed by atoms with Crippen LogP contribution in [0.15, 0.2) is 0 Å². The molecular weight excluding hydrogens is 151 g/mol. The number of hydrogen-bond donors (Lipinski definition) is 0. The van der Waals surface area contributed by atoms with Gasteiger partial charge in [0.15, 0.2) is 12.0 Å². The van der Waals surface area contributed by atoms with Crippen molar-refractivity contribution in [1.29, 1.82) is 0 Å². The Bertz CT molecular complexity index is 132. The SMILES string of the molecule is CC(=O)C(F)C1CCCS1. The van der Waals surface area contributed by atoms with Crippen LogP contribution in [0.25, 0.3) is 0 Å². The molecule has 0 bridgehead atoms. The van der Waals surface area contributed by atoms with E-state index < -0.39 is 6.17 Å². The standard InChI is InChI=1S/C7H11FOS/c1-5(9)7(8)6-3-2-4-10-6/h6-7H,2-4H2,1H3. The average Bonchev–Trinajstić information content (AvgIpc) is 2.36. The van der Waals surface area contributed by atoms with Gasteiger partial charge in [-0.05, 0) is 25.5 Å². The maximum atomic E-state index is 12.9. The van der Waals surface area contributed by atoms with E-state index in [1.54, 1.807) is 11.8 Å². The first-order valence-corrected chi connectivity index (χ1v) is 4.53. The molecule has 0 aromatic rings. The van der Waals surface area contributed by atoms with E-state index in [1.807, 2.05) is 0 Å². The molecule has 1 rings (SSSR count). The zero-order valence-corrected chi connectivity index (χ0v) is 6.79. The molecule has 0 N–H and O–H groups in total. The van der Waals surface area contributed by atoms with Crippen LogP contribution < -0.4 is 0 Å². The highest BCUT2D eigenvalue weighted by Crippen LogP contribution is 2.30. The van der Waals surface area contributed by atoms with Crippen molar-refractivity contribution in [2.45, 2.75) is 31.2 Å². The fourth-order valence-corrected chi connectivity index (χ4v) is 2.43. The summed E-state index contributed by atoms with van der Waals surface area (Å²) in [6, 6.07) is 0. The molecule has 1 aliphatic rings. The van der Waals surface area contributed by atoms with Crippen LogP contribution in [0.5, 0.6) is 0 Å². The smallest absolute Gasteiger partial charge is 0.170 e. The summed E-state index contributed by atoms with van der Waals surface area (Å²) in [5.41, 5.74) is 0. The molecule has 1 nitrogen and oxygen atoms in total. The predicted molar refractivity (Wildman–Crippen MR) is 41.1 cm³/mol. The maximum absolute atomic E-state index is 12.9. The Hall–Kier alpha value is -0.0500. The topological polar surface area (TPSA) is 17.1 Å². The molecule has 0 radical (unpaired) electrons. The second kappa shape index (κ2) is 3.37. The Kier molecular flexibility index (Phi) is 2.72. The van der Waals surface area contributed by atoms with Gasteiger partial charge in [-0.1, -0.05) is 0 Å². The lowest BCUT2D eigenvalue weighted by atomic mass is 10.1. The van der Waals surface area contributed by atoms with Crippen LogP contribution in [0.4, 0.5) is 4.39 Å². The first kappa shape index (κ1) is 8.05. The monoisotopic (exact) mass is 162 g/mol. The number of rotatable bonds is 2. The number of carbonyl (C=O) groups excluding carboxylic acids is 1. The van der Waals surface area contributed by atoms with E-state index in [0.717, 1.165) is 18.6 Å². The minimum atomic E-state index is -1.22. The number of hydrogen-bond acceptors (Lipinski definition) is 2. The summed E-state index contributed by atoms with van der Waals surface area (Å²) in [5, 5.41) is -0.0440. The molecule has 1 fully saturated rings. The van der Waals surface area contributed by atoms with E-state index in [1.165, 1.54) is 6.92 Å². The molecule has 1 saturated heterocycles.